The number of carbonyl (C=O) groups is 17. The zero-order valence-electron chi connectivity index (χ0n) is 60.6. The monoisotopic (exact) mass is 1460 g/mol. The van der Waals surface area contributed by atoms with E-state index in [1.165, 1.54) is 6.92 Å². The Hall–Kier alpha value is -9.78. The summed E-state index contributed by atoms with van der Waals surface area (Å²) in [5, 5.41) is 52.0. The zero-order chi connectivity index (χ0) is 78.2. The predicted octanol–water partition coefficient (Wildman–Crippen LogP) is -4.86. The van der Waals surface area contributed by atoms with Crippen molar-refractivity contribution in [3.63, 3.8) is 0 Å². The maximum atomic E-state index is 14.6. The van der Waals surface area contributed by atoms with Gasteiger partial charge in [-0.1, -0.05) is 74.1 Å². The van der Waals surface area contributed by atoms with Crippen LogP contribution < -0.4 is 97.8 Å². The molecule has 0 unspecified atom stereocenters. The summed E-state index contributed by atoms with van der Waals surface area (Å²) in [6, 6.07) is -18.1. The highest BCUT2D eigenvalue weighted by molar-refractivity contribution is 6.01. The van der Waals surface area contributed by atoms with Gasteiger partial charge < -0.3 is 108 Å². The van der Waals surface area contributed by atoms with Crippen LogP contribution in [0.3, 0.4) is 0 Å². The summed E-state index contributed by atoms with van der Waals surface area (Å²) < 4.78 is 0. The number of carboxylic acids is 2. The molecule has 1 aliphatic heterocycles. The van der Waals surface area contributed by atoms with E-state index in [1.807, 2.05) is 0 Å². The molecule has 0 aliphatic carbocycles. The van der Waals surface area contributed by atoms with E-state index in [2.05, 4.69) is 74.1 Å². The van der Waals surface area contributed by atoms with E-state index in [0.29, 0.717) is 32.1 Å². The van der Waals surface area contributed by atoms with E-state index in [9.17, 15) is 91.7 Å². The molecule has 0 aromatic heterocycles. The Morgan fingerprint density at radius 3 is 1.59 bits per heavy atom. The average Bonchev–Trinajstić information content (AvgIpc) is 0.828. The third-order valence-corrected chi connectivity index (χ3v) is 16.9. The fourth-order valence-electron chi connectivity index (χ4n) is 10.6. The third-order valence-electron chi connectivity index (χ3n) is 16.9. The number of guanidine groups is 1. The van der Waals surface area contributed by atoms with E-state index >= 15 is 0 Å². The van der Waals surface area contributed by atoms with Crippen molar-refractivity contribution in [2.75, 3.05) is 19.6 Å². The van der Waals surface area contributed by atoms with Crippen molar-refractivity contribution in [3.8, 4) is 0 Å². The number of hydrogen-bond donors (Lipinski definition) is 20. The number of nitrogens with one attached hydrogen (secondary N) is 13. The van der Waals surface area contributed by atoms with Crippen molar-refractivity contribution < 1.29 is 91.7 Å². The number of hydrogen-bond acceptors (Lipinski definition) is 19. The highest BCUT2D eigenvalue weighted by atomic mass is 16.4. The van der Waals surface area contributed by atoms with Crippen LogP contribution in [0.1, 0.15) is 191 Å². The first-order chi connectivity index (χ1) is 48.4. The topological polar surface area (TPSA) is 629 Å². The lowest BCUT2D eigenvalue weighted by molar-refractivity contribution is -0.142. The van der Waals surface area contributed by atoms with Gasteiger partial charge in [-0.25, -0.2) is 0 Å². The van der Waals surface area contributed by atoms with Gasteiger partial charge in [-0.15, -0.1) is 0 Å². The Bertz CT molecular complexity index is 2950. The molecule has 14 atom stereocenters. The summed E-state index contributed by atoms with van der Waals surface area (Å²) in [6.07, 6.45) is -1.99. The van der Waals surface area contributed by atoms with E-state index in [0.717, 1.165) is 6.92 Å². The van der Waals surface area contributed by atoms with Crippen molar-refractivity contribution in [3.05, 3.63) is 0 Å². The van der Waals surface area contributed by atoms with Gasteiger partial charge in [-0.05, 0) is 108 Å². The summed E-state index contributed by atoms with van der Waals surface area (Å²) in [5.74, 6) is -18.6. The first kappa shape index (κ1) is 91.2. The molecule has 0 spiro atoms. The molecule has 0 aromatic carbocycles. The minimum atomic E-state index is -1.91. The first-order valence-electron chi connectivity index (χ1n) is 35.0. The molecule has 38 heteroatoms. The molecule has 1 fully saturated rings. The highest BCUT2D eigenvalue weighted by Crippen LogP contribution is 2.16. The summed E-state index contributed by atoms with van der Waals surface area (Å²) in [7, 11) is 0. The fraction of sp³-hybridized carbons (Fsp3) is 0.723. The van der Waals surface area contributed by atoms with Crippen LogP contribution in [-0.2, 0) is 81.5 Å². The second-order valence-electron chi connectivity index (χ2n) is 26.2. The summed E-state index contributed by atoms with van der Waals surface area (Å²) in [5.41, 5.74) is 28.1. The first-order valence-corrected chi connectivity index (χ1v) is 35.0. The van der Waals surface area contributed by atoms with Crippen LogP contribution in [0.5, 0.6) is 0 Å². The van der Waals surface area contributed by atoms with Crippen LogP contribution in [0.15, 0.2) is 4.99 Å². The number of carboxylic acid groups (broad SMARTS) is 2. The van der Waals surface area contributed by atoms with Crippen molar-refractivity contribution in [1.82, 2.24) is 69.1 Å². The molecule has 38 nitrogen and oxygen atoms in total. The van der Waals surface area contributed by atoms with Crippen LogP contribution in [0.25, 0.3) is 0 Å². The molecular weight excluding hydrogens is 1350 g/mol. The van der Waals surface area contributed by atoms with Gasteiger partial charge in [-0.2, -0.15) is 0 Å². The van der Waals surface area contributed by atoms with Crippen LogP contribution >= 0.6 is 0 Å². The van der Waals surface area contributed by atoms with Crippen molar-refractivity contribution in [2.45, 2.75) is 263 Å². The van der Waals surface area contributed by atoms with E-state index in [-0.39, 0.29) is 102 Å². The van der Waals surface area contributed by atoms with Gasteiger partial charge in [0, 0.05) is 32.9 Å². The Morgan fingerprint density at radius 1 is 0.563 bits per heavy atom. The van der Waals surface area contributed by atoms with Gasteiger partial charge in [0.15, 0.2) is 5.96 Å². The third kappa shape index (κ3) is 36.1. The molecule has 582 valence electrons. The molecule has 0 aromatic rings. The number of primary amides is 2. The highest BCUT2D eigenvalue weighted by Gasteiger charge is 2.39. The second-order valence-corrected chi connectivity index (χ2v) is 26.2. The normalized spacial score (nSPS) is 19.1. The Morgan fingerprint density at radius 2 is 1.08 bits per heavy atom. The standard InChI is InChI=1S/C65H113N19O19/c1-10-13-19-38(57(96)82-46(32-50(90)91)63(102)84-52(35(7)12-3)64(103)83-51(53(68)92)34(6)11-2)78-61(100)44(30-33(4)5)80-58(97)39(20-14-16-27-66)76-56(95)41(22-18-29-72-65(69)70)79-62(101)45(31-47(67)86)81-59(98)40-21-15-17-28-71-48(87)25-23-42(74-37(9)85)55(94)73-36(8)54(93)75-43(60(99)77-40)24-26-49(88)89/h33-36,38-46,51-52H,10-32,66H2,1-9H3,(H2,67,86)(H2,68,92)(H,71,87)(H,73,94)(H,74,85)(H,75,93)(H,76,95)(H,77,99)(H,78,100)(H,79,101)(H,80,97)(H,81,98)(H,82,96)(H,83,103)(H,84,102)(H,88,89)(H,90,91)(H4,69,70,72)/t34-,35-,36-,38-,39-,40-,41-,42-,43-,44-,45-,46-,51-,52-/m0/s1. The van der Waals surface area contributed by atoms with Gasteiger partial charge in [0.25, 0.3) is 0 Å². The van der Waals surface area contributed by atoms with Crippen molar-refractivity contribution >= 4 is 107 Å². The fourth-order valence-corrected chi connectivity index (χ4v) is 10.6. The number of nitrogens with zero attached hydrogens (tertiary/aromatic N) is 1. The van der Waals surface area contributed by atoms with Gasteiger partial charge in [0.2, 0.25) is 88.6 Å². The number of carbonyl (C=O) groups excluding carboxylic acids is 15. The largest absolute Gasteiger partial charge is 0.481 e. The smallest absolute Gasteiger partial charge is 0.305 e. The van der Waals surface area contributed by atoms with Crippen LogP contribution in [0.2, 0.25) is 0 Å². The van der Waals surface area contributed by atoms with E-state index in [1.54, 1.807) is 48.5 Å². The Balaban J connectivity index is 3.79. The molecule has 25 N–H and O–H groups in total. The zero-order valence-corrected chi connectivity index (χ0v) is 60.6. The summed E-state index contributed by atoms with van der Waals surface area (Å²) in [6.45, 7) is 14.5. The average molecular weight is 1460 g/mol. The minimum absolute atomic E-state index is 0.00656. The van der Waals surface area contributed by atoms with Gasteiger partial charge >= 0.3 is 11.9 Å². The van der Waals surface area contributed by atoms with E-state index in [4.69, 9.17) is 28.7 Å². The molecule has 0 saturated carbocycles. The van der Waals surface area contributed by atoms with Gasteiger partial charge in [0.05, 0.1) is 12.8 Å². The van der Waals surface area contributed by atoms with Gasteiger partial charge in [-0.3, -0.25) is 86.5 Å². The molecule has 15 amide bonds. The summed E-state index contributed by atoms with van der Waals surface area (Å²) in [4.78, 5) is 233. The second kappa shape index (κ2) is 48.2. The maximum absolute atomic E-state index is 14.6. The molecule has 0 bridgehead atoms. The number of nitrogens with two attached hydrogens (primary N) is 5. The molecule has 1 aliphatic rings. The minimum Gasteiger partial charge on any atom is -0.481 e. The SMILES string of the molecule is CCCC[C@H](NC(=O)[C@H](CC(C)C)NC(=O)[C@H](CCCCN)NC(=O)[C@H](CCCN=C(N)N)NC(=O)[C@H](CC(N)=O)NC(=O)[C@@H]1CCCCNC(=O)CC[C@H](NC(C)=O)C(=O)N[C@@H](C)C(=O)N[C@@H](CCC(=O)O)C(=O)N1)C(=O)N[C@@H](CC(=O)O)C(=O)N[C@H](C(=O)N[C@H](C(N)=O)[C@@H](C)CC)[C@@H](C)CC. The van der Waals surface area contributed by atoms with Gasteiger partial charge in [0.1, 0.15) is 72.5 Å². The van der Waals surface area contributed by atoms with Crippen molar-refractivity contribution in [1.29, 1.82) is 0 Å². The Labute approximate surface area is 599 Å². The van der Waals surface area contributed by atoms with Crippen LogP contribution in [0.4, 0.5) is 0 Å². The predicted molar refractivity (Wildman–Crippen MR) is 373 cm³/mol. The number of aliphatic carboxylic acids is 2. The number of amides is 15. The molecule has 1 saturated heterocycles. The molecule has 1 rings (SSSR count). The Kier molecular flexibility index (Phi) is 42.7. The molecular formula is C65H113N19O19. The number of unbranched alkanes of at least 4 members (excludes halogenated alkanes) is 2. The van der Waals surface area contributed by atoms with Crippen LogP contribution in [-0.4, -0.2) is 209 Å². The number of aliphatic imine (C=N–C) groups is 1. The quantitative estimate of drug-likeness (QED) is 0.0155. The van der Waals surface area contributed by atoms with Crippen LogP contribution in [0, 0.1) is 17.8 Å². The molecule has 103 heavy (non-hydrogen) atoms. The maximum Gasteiger partial charge on any atom is 0.305 e. The molecule has 1 heterocycles. The van der Waals surface area contributed by atoms with Crippen molar-refractivity contribution in [2.24, 2.45) is 51.4 Å². The van der Waals surface area contributed by atoms with E-state index < -0.39 is 211 Å². The number of rotatable bonds is 42. The lowest BCUT2D eigenvalue weighted by atomic mass is 9.94. The summed E-state index contributed by atoms with van der Waals surface area (Å²) >= 11 is 0. The molecule has 0 radical (unpaired) electrons. The lowest BCUT2D eigenvalue weighted by Gasteiger charge is -2.30. The lowest BCUT2D eigenvalue weighted by Crippen LogP contribution is -2.61.